The second-order valence-corrected chi connectivity index (χ2v) is 14.6. The molecule has 0 spiro atoms. The van der Waals surface area contributed by atoms with Gasteiger partial charge in [-0.15, -0.1) is 0 Å². The number of alkyl halides is 1. The van der Waals surface area contributed by atoms with E-state index in [1.165, 1.54) is 212 Å². The third-order valence-corrected chi connectivity index (χ3v) is 11.2. The van der Waals surface area contributed by atoms with E-state index in [1.54, 1.807) is 0 Å². The maximum Gasteiger partial charge on any atom is 0.0286 e. The fourth-order valence-electron chi connectivity index (χ4n) is 7.23. The van der Waals surface area contributed by atoms with Crippen molar-refractivity contribution in [3.8, 4) is 0 Å². The first-order valence-electron chi connectivity index (χ1n) is 17.5. The minimum Gasteiger partial charge on any atom is -0.0850 e. The lowest BCUT2D eigenvalue weighted by Crippen LogP contribution is -2.32. The highest BCUT2D eigenvalue weighted by Gasteiger charge is 2.34. The highest BCUT2D eigenvalue weighted by molar-refractivity contribution is 9.10. The number of rotatable bonds is 0. The molecule has 2 fully saturated rings. The zero-order valence-electron chi connectivity index (χ0n) is 24.8. The molecule has 1 heteroatoms. The molecule has 2 aliphatic carbocycles. The van der Waals surface area contributed by atoms with Crippen molar-refractivity contribution in [1.29, 1.82) is 0 Å². The summed E-state index contributed by atoms with van der Waals surface area (Å²) < 4.78 is 0.443. The summed E-state index contributed by atoms with van der Waals surface area (Å²) in [6.45, 7) is 0. The van der Waals surface area contributed by atoms with E-state index in [2.05, 4.69) is 15.9 Å². The first-order valence-corrected chi connectivity index (χ1v) is 18.3. The van der Waals surface area contributed by atoms with E-state index >= 15 is 0 Å². The number of hydrogen-bond donors (Lipinski definition) is 0. The van der Waals surface area contributed by atoms with E-state index in [0.29, 0.717) is 4.32 Å². The van der Waals surface area contributed by atoms with Gasteiger partial charge < -0.3 is 0 Å². The van der Waals surface area contributed by atoms with Gasteiger partial charge in [0.05, 0.1) is 0 Å². The van der Waals surface area contributed by atoms with Crippen LogP contribution in [0.3, 0.4) is 0 Å². The van der Waals surface area contributed by atoms with Crippen molar-refractivity contribution in [1.82, 2.24) is 0 Å². The second-order valence-electron chi connectivity index (χ2n) is 13.1. The molecule has 0 aliphatic heterocycles. The largest absolute Gasteiger partial charge is 0.0850 e. The van der Waals surface area contributed by atoms with Crippen LogP contribution in [0.5, 0.6) is 0 Å². The Hall–Kier alpha value is 0.480. The maximum absolute atomic E-state index is 4.49. The van der Waals surface area contributed by atoms with Crippen LogP contribution in [0.25, 0.3) is 0 Å². The van der Waals surface area contributed by atoms with E-state index in [9.17, 15) is 0 Å². The van der Waals surface area contributed by atoms with E-state index in [-0.39, 0.29) is 0 Å². The zero-order valence-corrected chi connectivity index (χ0v) is 26.4. The van der Waals surface area contributed by atoms with Gasteiger partial charge in [0.2, 0.25) is 0 Å². The molecule has 214 valence electrons. The standard InChI is InChI=1S/C35H67Br/c36-35-32-28-24-20-16-13-11-9-7-5-3-1-2-4-6-8-10-12-14-18-22-26-30-34(35)31-27-23-19-15-17-21-25-29-33-35/h34H,1-33H2. The lowest BCUT2D eigenvalue weighted by Gasteiger charge is -2.37. The summed E-state index contributed by atoms with van der Waals surface area (Å²) in [4.78, 5) is 0. The van der Waals surface area contributed by atoms with Gasteiger partial charge in [-0.3, -0.25) is 0 Å². The monoisotopic (exact) mass is 566 g/mol. The summed E-state index contributed by atoms with van der Waals surface area (Å²) in [5, 5.41) is 0. The summed E-state index contributed by atoms with van der Waals surface area (Å²) in [5.74, 6) is 0.923. The minimum atomic E-state index is 0.443. The fourth-order valence-corrected chi connectivity index (χ4v) is 8.25. The van der Waals surface area contributed by atoms with Crippen LogP contribution >= 0.6 is 15.9 Å². The molecular formula is C35H67Br. The molecule has 0 bridgehead atoms. The van der Waals surface area contributed by atoms with Gasteiger partial charge in [0, 0.05) is 4.32 Å². The number of fused-ring (bicyclic) bond motifs is 1. The zero-order chi connectivity index (χ0) is 25.4. The predicted octanol–water partition coefficient (Wildman–Crippen LogP) is 13.6. The Bertz CT molecular complexity index is 460. The molecule has 0 heterocycles. The van der Waals surface area contributed by atoms with Crippen LogP contribution in [0.4, 0.5) is 0 Å². The molecule has 0 N–H and O–H groups in total. The van der Waals surface area contributed by atoms with Crippen molar-refractivity contribution in [2.24, 2.45) is 5.92 Å². The van der Waals surface area contributed by atoms with Crippen molar-refractivity contribution >= 4 is 15.9 Å². The summed E-state index contributed by atoms with van der Waals surface area (Å²) >= 11 is 4.49. The summed E-state index contributed by atoms with van der Waals surface area (Å²) in [5.41, 5.74) is 0. The van der Waals surface area contributed by atoms with E-state index in [0.717, 1.165) is 5.92 Å². The minimum absolute atomic E-state index is 0.443. The molecule has 0 aromatic carbocycles. The van der Waals surface area contributed by atoms with Gasteiger partial charge in [-0.1, -0.05) is 202 Å². The van der Waals surface area contributed by atoms with Crippen molar-refractivity contribution in [3.05, 3.63) is 0 Å². The van der Waals surface area contributed by atoms with E-state index < -0.39 is 0 Å². The summed E-state index contributed by atoms with van der Waals surface area (Å²) in [7, 11) is 0. The van der Waals surface area contributed by atoms with Crippen molar-refractivity contribution in [2.45, 2.75) is 216 Å². The number of hydrogen-bond acceptors (Lipinski definition) is 0. The van der Waals surface area contributed by atoms with Crippen LogP contribution in [0.15, 0.2) is 0 Å². The van der Waals surface area contributed by atoms with Crippen LogP contribution in [0.1, 0.15) is 212 Å². The topological polar surface area (TPSA) is 0 Å². The van der Waals surface area contributed by atoms with Gasteiger partial charge in [-0.05, 0) is 31.6 Å². The molecule has 2 saturated carbocycles. The second kappa shape index (κ2) is 23.4. The Morgan fingerprint density at radius 1 is 0.278 bits per heavy atom. The maximum atomic E-state index is 4.49. The average Bonchev–Trinajstić information content (AvgIpc) is 2.87. The first kappa shape index (κ1) is 32.7. The summed E-state index contributed by atoms with van der Waals surface area (Å²) in [6.07, 6.45) is 49.0. The Balaban J connectivity index is 1.83. The molecule has 0 aromatic heterocycles. The third-order valence-electron chi connectivity index (χ3n) is 9.77. The molecule has 36 heavy (non-hydrogen) atoms. The Labute approximate surface area is 237 Å². The number of halogens is 1. The third kappa shape index (κ3) is 17.1. The normalized spacial score (nSPS) is 30.4. The van der Waals surface area contributed by atoms with Gasteiger partial charge in [0.1, 0.15) is 0 Å². The molecule has 0 saturated heterocycles. The van der Waals surface area contributed by atoms with E-state index in [1.807, 2.05) is 0 Å². The van der Waals surface area contributed by atoms with Crippen LogP contribution < -0.4 is 0 Å². The Morgan fingerprint density at radius 2 is 0.472 bits per heavy atom. The van der Waals surface area contributed by atoms with Gasteiger partial charge >= 0.3 is 0 Å². The molecule has 2 aliphatic rings. The predicted molar refractivity (Wildman–Crippen MR) is 168 cm³/mol. The molecule has 0 aromatic rings. The van der Waals surface area contributed by atoms with Crippen molar-refractivity contribution in [3.63, 3.8) is 0 Å². The molecule has 0 amide bonds. The van der Waals surface area contributed by atoms with Crippen LogP contribution in [-0.4, -0.2) is 4.32 Å². The Morgan fingerprint density at radius 3 is 0.722 bits per heavy atom. The lowest BCUT2D eigenvalue weighted by molar-refractivity contribution is 0.273. The fraction of sp³-hybridized carbons (Fsp3) is 1.00. The van der Waals surface area contributed by atoms with Crippen molar-refractivity contribution in [2.75, 3.05) is 0 Å². The Kier molecular flexibility index (Phi) is 21.2. The quantitative estimate of drug-likeness (QED) is 0.255. The van der Waals surface area contributed by atoms with Gasteiger partial charge in [0.25, 0.3) is 0 Å². The van der Waals surface area contributed by atoms with Crippen LogP contribution in [0, 0.1) is 5.92 Å². The van der Waals surface area contributed by atoms with E-state index in [4.69, 9.17) is 0 Å². The van der Waals surface area contributed by atoms with Crippen LogP contribution in [-0.2, 0) is 0 Å². The van der Waals surface area contributed by atoms with Crippen molar-refractivity contribution < 1.29 is 0 Å². The molecule has 0 radical (unpaired) electrons. The molecular weight excluding hydrogens is 500 g/mol. The molecule has 2 atom stereocenters. The molecule has 2 rings (SSSR count). The average molecular weight is 568 g/mol. The highest BCUT2D eigenvalue weighted by atomic mass is 79.9. The van der Waals surface area contributed by atoms with Crippen LogP contribution in [0.2, 0.25) is 0 Å². The molecule has 0 nitrogen and oxygen atoms in total. The first-order chi connectivity index (χ1) is 17.8. The van der Waals surface area contributed by atoms with Gasteiger partial charge in [-0.25, -0.2) is 0 Å². The SMILES string of the molecule is BrC12CCCCCCCCCCCCCCCCCCCCCCCC1CCCCCCCCCC2. The van der Waals surface area contributed by atoms with Gasteiger partial charge in [-0.2, -0.15) is 0 Å². The lowest BCUT2D eigenvalue weighted by atomic mass is 9.77. The smallest absolute Gasteiger partial charge is 0.0286 e. The molecule has 2 unspecified atom stereocenters. The van der Waals surface area contributed by atoms with Gasteiger partial charge in [0.15, 0.2) is 0 Å². The summed E-state index contributed by atoms with van der Waals surface area (Å²) in [6, 6.07) is 0. The highest BCUT2D eigenvalue weighted by Crippen LogP contribution is 2.44.